The van der Waals surface area contributed by atoms with Crippen molar-refractivity contribution in [2.75, 3.05) is 4.90 Å². The molecule has 0 aliphatic carbocycles. The third-order valence-electron chi connectivity index (χ3n) is 5.08. The molecule has 0 spiro atoms. The van der Waals surface area contributed by atoms with E-state index in [9.17, 15) is 19.2 Å². The lowest BCUT2D eigenvalue weighted by Crippen LogP contribution is -2.54. The number of benzene rings is 2. The Morgan fingerprint density at radius 1 is 1.03 bits per heavy atom. The van der Waals surface area contributed by atoms with E-state index in [1.54, 1.807) is 43.5 Å². The zero-order chi connectivity index (χ0) is 21.6. The quantitative estimate of drug-likeness (QED) is 0.525. The number of anilines is 1. The topological polar surface area (TPSA) is 88.5 Å². The number of nitrogens with one attached hydrogen (secondary N) is 1. The van der Waals surface area contributed by atoms with E-state index in [4.69, 9.17) is 0 Å². The van der Waals surface area contributed by atoms with Gasteiger partial charge in [0.15, 0.2) is 0 Å². The third-order valence-corrected chi connectivity index (χ3v) is 5.08. The highest BCUT2D eigenvalue weighted by atomic mass is 16.2. The molecule has 1 aromatic heterocycles. The fourth-order valence-electron chi connectivity index (χ4n) is 3.67. The smallest absolute Gasteiger partial charge is 0.287 e. The van der Waals surface area contributed by atoms with Crippen LogP contribution in [0.25, 0.3) is 17.0 Å². The predicted molar refractivity (Wildman–Crippen MR) is 113 cm³/mol. The summed E-state index contributed by atoms with van der Waals surface area (Å²) < 4.78 is 1.46. The van der Waals surface area contributed by atoms with Crippen molar-refractivity contribution in [3.63, 3.8) is 0 Å². The van der Waals surface area contributed by atoms with Crippen LogP contribution in [0.4, 0.5) is 10.5 Å². The minimum Gasteiger partial charge on any atom is -0.287 e. The number of hydrogen-bond donors (Lipinski definition) is 1. The molecule has 1 aliphatic heterocycles. The van der Waals surface area contributed by atoms with Gasteiger partial charge in [0.2, 0.25) is 5.91 Å². The Morgan fingerprint density at radius 3 is 2.47 bits per heavy atom. The molecular weight excluding hydrogens is 382 g/mol. The number of rotatable bonds is 2. The second kappa shape index (κ2) is 7.11. The fourth-order valence-corrected chi connectivity index (χ4v) is 3.67. The summed E-state index contributed by atoms with van der Waals surface area (Å²) in [5, 5.41) is 2.95. The van der Waals surface area contributed by atoms with E-state index in [0.29, 0.717) is 16.8 Å². The Kier molecular flexibility index (Phi) is 4.58. The molecule has 30 heavy (non-hydrogen) atoms. The summed E-state index contributed by atoms with van der Waals surface area (Å²) >= 11 is 0. The first-order valence-electron chi connectivity index (χ1n) is 9.37. The van der Waals surface area contributed by atoms with Gasteiger partial charge in [0.05, 0.1) is 11.2 Å². The van der Waals surface area contributed by atoms with E-state index in [-0.39, 0.29) is 11.5 Å². The molecule has 1 N–H and O–H groups in total. The Labute approximate surface area is 172 Å². The van der Waals surface area contributed by atoms with Crippen molar-refractivity contribution in [2.24, 2.45) is 0 Å². The first kappa shape index (κ1) is 19.3. The SMILES string of the molecule is CC(=O)n1cc(/C=C2/C(=O)NC(=O)N(c3ccc(C)cc3C)C2=O)c2ccccc21. The maximum Gasteiger partial charge on any atom is 0.335 e. The van der Waals surface area contributed by atoms with Gasteiger partial charge in [0, 0.05) is 24.1 Å². The molecule has 2 aromatic carbocycles. The van der Waals surface area contributed by atoms with Crippen LogP contribution in [-0.4, -0.2) is 28.3 Å². The van der Waals surface area contributed by atoms with Crippen LogP contribution < -0.4 is 10.2 Å². The van der Waals surface area contributed by atoms with Crippen LogP contribution in [0.2, 0.25) is 0 Å². The number of fused-ring (bicyclic) bond motifs is 1. The van der Waals surface area contributed by atoms with Gasteiger partial charge in [-0.2, -0.15) is 0 Å². The zero-order valence-electron chi connectivity index (χ0n) is 16.7. The summed E-state index contributed by atoms with van der Waals surface area (Å²) in [6.45, 7) is 5.14. The van der Waals surface area contributed by atoms with Gasteiger partial charge in [-0.15, -0.1) is 0 Å². The summed E-state index contributed by atoms with van der Waals surface area (Å²) in [6.07, 6.45) is 3.00. The molecule has 0 bridgehead atoms. The van der Waals surface area contributed by atoms with Gasteiger partial charge < -0.3 is 0 Å². The van der Waals surface area contributed by atoms with Gasteiger partial charge in [-0.1, -0.05) is 35.9 Å². The number of carbonyl (C=O) groups excluding carboxylic acids is 4. The Bertz CT molecular complexity index is 1280. The summed E-state index contributed by atoms with van der Waals surface area (Å²) in [7, 11) is 0. The molecule has 0 unspecified atom stereocenters. The highest BCUT2D eigenvalue weighted by Crippen LogP contribution is 2.28. The molecule has 3 aromatic rings. The van der Waals surface area contributed by atoms with Crippen molar-refractivity contribution in [3.05, 3.63) is 70.9 Å². The van der Waals surface area contributed by atoms with E-state index < -0.39 is 17.8 Å². The number of imide groups is 2. The first-order valence-corrected chi connectivity index (χ1v) is 9.37. The van der Waals surface area contributed by atoms with Gasteiger partial charge in [0.1, 0.15) is 5.57 Å². The van der Waals surface area contributed by atoms with Crippen molar-refractivity contribution in [2.45, 2.75) is 20.8 Å². The monoisotopic (exact) mass is 401 g/mol. The molecule has 0 radical (unpaired) electrons. The highest BCUT2D eigenvalue weighted by Gasteiger charge is 2.37. The largest absolute Gasteiger partial charge is 0.335 e. The summed E-state index contributed by atoms with van der Waals surface area (Å²) in [4.78, 5) is 51.1. The average Bonchev–Trinajstić information content (AvgIpc) is 3.05. The molecular formula is C23H19N3O4. The minimum absolute atomic E-state index is 0.180. The molecule has 1 saturated heterocycles. The number of barbiturate groups is 1. The van der Waals surface area contributed by atoms with Crippen LogP contribution in [0.1, 0.15) is 28.4 Å². The summed E-state index contributed by atoms with van der Waals surface area (Å²) in [5.74, 6) is -1.68. The first-order chi connectivity index (χ1) is 14.3. The molecule has 7 heteroatoms. The average molecular weight is 401 g/mol. The van der Waals surface area contributed by atoms with Gasteiger partial charge in [-0.25, -0.2) is 9.69 Å². The number of para-hydroxylation sites is 1. The lowest BCUT2D eigenvalue weighted by molar-refractivity contribution is -0.122. The van der Waals surface area contributed by atoms with Crippen LogP contribution in [-0.2, 0) is 9.59 Å². The van der Waals surface area contributed by atoms with Crippen molar-refractivity contribution in [1.29, 1.82) is 0 Å². The second-order valence-corrected chi connectivity index (χ2v) is 7.24. The molecule has 0 atom stereocenters. The standard InChI is InChI=1S/C23H19N3O4/c1-13-8-9-19(14(2)10-13)26-22(29)18(21(28)24-23(26)30)11-16-12-25(15(3)27)20-7-5-4-6-17(16)20/h4-12H,1-3H3,(H,24,28,30)/b18-11-. The summed E-state index contributed by atoms with van der Waals surface area (Å²) in [6, 6.07) is 11.7. The lowest BCUT2D eigenvalue weighted by atomic mass is 10.0. The Balaban J connectivity index is 1.84. The number of carbonyl (C=O) groups is 4. The van der Waals surface area contributed by atoms with E-state index in [1.165, 1.54) is 17.6 Å². The molecule has 2 heterocycles. The van der Waals surface area contributed by atoms with Gasteiger partial charge in [0.25, 0.3) is 11.8 Å². The van der Waals surface area contributed by atoms with Crippen molar-refractivity contribution in [1.82, 2.24) is 9.88 Å². The fraction of sp³-hybridized carbons (Fsp3) is 0.130. The predicted octanol–water partition coefficient (Wildman–Crippen LogP) is 3.58. The van der Waals surface area contributed by atoms with Crippen LogP contribution in [0.15, 0.2) is 54.2 Å². The van der Waals surface area contributed by atoms with Crippen molar-refractivity contribution >= 4 is 46.4 Å². The van der Waals surface area contributed by atoms with Crippen molar-refractivity contribution < 1.29 is 19.2 Å². The van der Waals surface area contributed by atoms with Crippen LogP contribution in [0, 0.1) is 13.8 Å². The van der Waals surface area contributed by atoms with Crippen LogP contribution >= 0.6 is 0 Å². The zero-order valence-corrected chi connectivity index (χ0v) is 16.7. The van der Waals surface area contributed by atoms with Crippen molar-refractivity contribution in [3.8, 4) is 0 Å². The number of aromatic nitrogens is 1. The number of urea groups is 1. The van der Waals surface area contributed by atoms with E-state index in [0.717, 1.165) is 21.4 Å². The summed E-state index contributed by atoms with van der Waals surface area (Å²) in [5.41, 5.74) is 3.16. The molecule has 4 amide bonds. The minimum atomic E-state index is -0.791. The van der Waals surface area contributed by atoms with E-state index in [2.05, 4.69) is 5.32 Å². The maximum absolute atomic E-state index is 13.2. The number of aryl methyl sites for hydroxylation is 2. The van der Waals surface area contributed by atoms with Crippen LogP contribution in [0.5, 0.6) is 0 Å². The normalized spacial score (nSPS) is 15.8. The third kappa shape index (κ3) is 3.10. The number of nitrogens with zero attached hydrogens (tertiary/aromatic N) is 2. The molecule has 4 rings (SSSR count). The molecule has 1 fully saturated rings. The Morgan fingerprint density at radius 2 is 1.77 bits per heavy atom. The van der Waals surface area contributed by atoms with E-state index in [1.807, 2.05) is 19.1 Å². The van der Waals surface area contributed by atoms with Crippen LogP contribution in [0.3, 0.4) is 0 Å². The second-order valence-electron chi connectivity index (χ2n) is 7.24. The Hall–Kier alpha value is -4.00. The molecule has 150 valence electrons. The van der Waals surface area contributed by atoms with E-state index >= 15 is 0 Å². The molecule has 1 aliphatic rings. The number of amides is 4. The number of hydrogen-bond acceptors (Lipinski definition) is 4. The molecule has 7 nitrogen and oxygen atoms in total. The van der Waals surface area contributed by atoms with Gasteiger partial charge >= 0.3 is 6.03 Å². The maximum atomic E-state index is 13.2. The lowest BCUT2D eigenvalue weighted by Gasteiger charge is -2.27. The van der Waals surface area contributed by atoms with Gasteiger partial charge in [-0.3, -0.25) is 24.3 Å². The highest BCUT2D eigenvalue weighted by molar-refractivity contribution is 6.39. The molecule has 0 saturated carbocycles. The van der Waals surface area contributed by atoms with Gasteiger partial charge in [-0.05, 0) is 37.6 Å².